The lowest BCUT2D eigenvalue weighted by atomic mass is 9.98. The molecule has 27 heteroatoms. The minimum absolute atomic E-state index is 0.0152. The van der Waals surface area contributed by atoms with Gasteiger partial charge in [0.1, 0.15) is 66.9 Å². The van der Waals surface area contributed by atoms with Crippen LogP contribution < -0.4 is 54.6 Å². The minimum Gasteiger partial charge on any atom is -0.480 e. The van der Waals surface area contributed by atoms with Crippen LogP contribution >= 0.6 is 0 Å². The fourth-order valence-corrected chi connectivity index (χ4v) is 7.63. The summed E-state index contributed by atoms with van der Waals surface area (Å²) >= 11 is 0. The molecule has 1 aromatic heterocycles. The first-order valence-electron chi connectivity index (χ1n) is 21.1. The predicted molar refractivity (Wildman–Crippen MR) is 225 cm³/mol. The number of nitrogens with two attached hydrogens (primary N) is 2. The molecule has 0 aliphatic carbocycles. The Morgan fingerprint density at radius 1 is 0.954 bits per heavy atom. The van der Waals surface area contributed by atoms with Gasteiger partial charge in [-0.1, -0.05) is 27.7 Å². The van der Waals surface area contributed by atoms with E-state index in [4.69, 9.17) is 30.4 Å². The van der Waals surface area contributed by atoms with E-state index < -0.39 is 132 Å². The molecule has 3 aliphatic heterocycles. The fourth-order valence-electron chi connectivity index (χ4n) is 7.63. The molecule has 0 saturated carbocycles. The molecule has 27 nitrogen and oxygen atoms in total. The molecule has 3 aliphatic rings. The van der Waals surface area contributed by atoms with E-state index in [0.717, 1.165) is 16.8 Å². The number of hydrogen-bond acceptors (Lipinski definition) is 19. The number of aromatic amines is 1. The van der Waals surface area contributed by atoms with Crippen molar-refractivity contribution in [1.29, 1.82) is 0 Å². The number of aliphatic carboxylic acids is 2. The van der Waals surface area contributed by atoms with Gasteiger partial charge >= 0.3 is 23.7 Å². The molecule has 4 amide bonds. The predicted octanol–water partition coefficient (Wildman–Crippen LogP) is -5.87. The van der Waals surface area contributed by atoms with Crippen molar-refractivity contribution in [2.24, 2.45) is 28.3 Å². The third kappa shape index (κ3) is 13.6. The Balaban J connectivity index is 1.47. The largest absolute Gasteiger partial charge is 0.480 e. The number of aliphatic hydroxyl groups excluding tert-OH is 3. The Hall–Kier alpha value is -5.26. The number of amides is 4. The van der Waals surface area contributed by atoms with Crippen molar-refractivity contribution in [2.75, 3.05) is 33.3 Å². The third-order valence-electron chi connectivity index (χ3n) is 11.0. The quantitative estimate of drug-likeness (QED) is 0.0455. The van der Waals surface area contributed by atoms with Gasteiger partial charge in [-0.25, -0.2) is 14.4 Å². The van der Waals surface area contributed by atoms with E-state index in [1.807, 2.05) is 18.8 Å². The highest BCUT2D eigenvalue weighted by atomic mass is 16.7. The molecule has 16 N–H and O–H groups in total. The standard InChI is InChI=1S/C38H63N11O16/c1-15(2)13-18(44-31(55)22(17-7-11-43-36(40)45-17)48-37(60)47-21(16(3)4)33(56)57)30(54)42-10-6-9-41-23(34(58)59)27(65-35-29(62-5)24(51)19(14-39)63-35)28-25(52)26(53)32(64-28)49-12-8-20(50)46-38(49)61/h8,12,15-19,21-29,32,35,41,51-53H,6-7,9-11,13-14,39H2,1-5H3,(H,42,54)(H,44,55)(H,56,57)(H,58,59)(H3,40,43,45)(H,46,50,61)(H2,47,48,60)/t17-,18-,19+,21-,22-,23-,24+,25-,26+,27?,28-,29+,32+,35-/m0/s1. The van der Waals surface area contributed by atoms with Crippen LogP contribution in [0.1, 0.15) is 53.2 Å². The van der Waals surface area contributed by atoms with Crippen LogP contribution in [0.3, 0.4) is 0 Å². The molecular weight excluding hydrogens is 866 g/mol. The third-order valence-corrected chi connectivity index (χ3v) is 11.0. The van der Waals surface area contributed by atoms with Gasteiger partial charge in [0.25, 0.3) is 5.56 Å². The van der Waals surface area contributed by atoms with Gasteiger partial charge in [0.2, 0.25) is 11.8 Å². The number of aliphatic imine (C=N–C) groups is 1. The van der Waals surface area contributed by atoms with Crippen LogP contribution in [-0.2, 0) is 38.1 Å². The monoisotopic (exact) mass is 929 g/mol. The Labute approximate surface area is 372 Å². The van der Waals surface area contributed by atoms with Crippen molar-refractivity contribution in [3.8, 4) is 0 Å². The van der Waals surface area contributed by atoms with Gasteiger partial charge in [-0.05, 0) is 37.6 Å². The van der Waals surface area contributed by atoms with Crippen LogP contribution in [-0.4, -0.2) is 183 Å². The number of H-pyrrole nitrogens is 1. The zero-order chi connectivity index (χ0) is 48.3. The van der Waals surface area contributed by atoms with Crippen LogP contribution in [0.4, 0.5) is 4.79 Å². The van der Waals surface area contributed by atoms with Gasteiger partial charge in [0.15, 0.2) is 18.5 Å². The second-order valence-electron chi connectivity index (χ2n) is 16.6. The second kappa shape index (κ2) is 23.8. The van der Waals surface area contributed by atoms with Gasteiger partial charge in [-0.15, -0.1) is 0 Å². The average molecular weight is 930 g/mol. The lowest BCUT2D eigenvalue weighted by molar-refractivity contribution is -0.231. The highest BCUT2D eigenvalue weighted by Gasteiger charge is 2.54. The van der Waals surface area contributed by atoms with E-state index in [0.29, 0.717) is 0 Å². The van der Waals surface area contributed by atoms with Crippen molar-refractivity contribution < 1.29 is 68.5 Å². The van der Waals surface area contributed by atoms with Crippen molar-refractivity contribution in [2.45, 2.75) is 132 Å². The summed E-state index contributed by atoms with van der Waals surface area (Å²) in [5.74, 6) is -4.80. The molecule has 0 aromatic carbocycles. The van der Waals surface area contributed by atoms with Crippen LogP contribution in [0.25, 0.3) is 0 Å². The Kier molecular flexibility index (Phi) is 19.2. The number of rotatable bonds is 23. The molecule has 2 fully saturated rings. The molecule has 4 rings (SSSR count). The lowest BCUT2D eigenvalue weighted by Crippen LogP contribution is -2.64. The Morgan fingerprint density at radius 3 is 2.23 bits per heavy atom. The first kappa shape index (κ1) is 52.4. The van der Waals surface area contributed by atoms with Crippen LogP contribution in [0.5, 0.6) is 0 Å². The number of methoxy groups -OCH3 is 1. The summed E-state index contributed by atoms with van der Waals surface area (Å²) in [5, 5.41) is 68.9. The molecule has 4 heterocycles. The van der Waals surface area contributed by atoms with E-state index in [1.165, 1.54) is 7.11 Å². The number of aliphatic hydroxyl groups is 3. The first-order chi connectivity index (χ1) is 30.7. The van der Waals surface area contributed by atoms with Gasteiger partial charge in [-0.3, -0.25) is 33.7 Å². The highest BCUT2D eigenvalue weighted by molar-refractivity contribution is 5.93. The summed E-state index contributed by atoms with van der Waals surface area (Å²) in [6.45, 7) is 6.66. The number of hydrogen-bond donors (Lipinski definition) is 14. The zero-order valence-electron chi connectivity index (χ0n) is 36.6. The topological polar surface area (TPSA) is 415 Å². The SMILES string of the molecule is CO[C@H]1[C@H](OC([C@H](NCCCNC(=O)[C@H](CC(C)C)NC(=O)[C@@H](NC(=O)N[C@H](C(=O)O)C(C)C)[C@@H]2CCN=C(N)N2)C(=O)O)[C@H]2O[C@@H](n3ccc(=O)[nH]c3=O)[C@H](O)[C@@H]2O)O[C@H](CN)[C@H]1O. The van der Waals surface area contributed by atoms with Gasteiger partial charge in [0.05, 0.1) is 6.04 Å². The molecule has 0 spiro atoms. The molecule has 1 aromatic rings. The molecule has 2 saturated heterocycles. The summed E-state index contributed by atoms with van der Waals surface area (Å²) in [6, 6.07) is -6.25. The maximum Gasteiger partial charge on any atom is 0.330 e. The van der Waals surface area contributed by atoms with Crippen LogP contribution in [0.2, 0.25) is 0 Å². The number of aromatic nitrogens is 2. The van der Waals surface area contributed by atoms with Crippen molar-refractivity contribution in [3.05, 3.63) is 33.1 Å². The maximum absolute atomic E-state index is 13.9. The fraction of sp³-hybridized carbons (Fsp3) is 0.737. The number of nitrogens with zero attached hydrogens (tertiary/aromatic N) is 2. The van der Waals surface area contributed by atoms with E-state index in [2.05, 4.69) is 36.9 Å². The second-order valence-corrected chi connectivity index (χ2v) is 16.6. The van der Waals surface area contributed by atoms with Crippen molar-refractivity contribution >= 4 is 35.7 Å². The number of carboxylic acids is 2. The summed E-state index contributed by atoms with van der Waals surface area (Å²) in [4.78, 5) is 95.5. The van der Waals surface area contributed by atoms with Gasteiger partial charge < -0.3 is 87.8 Å². The maximum atomic E-state index is 13.9. The molecular formula is C38H63N11O16. The number of urea groups is 1. The number of guanidine groups is 1. The molecule has 1 unspecified atom stereocenters. The number of nitrogens with one attached hydrogen (secondary N) is 7. The smallest absolute Gasteiger partial charge is 0.330 e. The molecule has 65 heavy (non-hydrogen) atoms. The summed E-state index contributed by atoms with van der Waals surface area (Å²) in [7, 11) is 1.24. The minimum atomic E-state index is -1.89. The van der Waals surface area contributed by atoms with Gasteiger partial charge in [0, 0.05) is 39.0 Å². The van der Waals surface area contributed by atoms with E-state index in [9.17, 15) is 59.1 Å². The molecule has 366 valence electrons. The number of carbonyl (C=O) groups is 5. The summed E-state index contributed by atoms with van der Waals surface area (Å²) in [5.41, 5.74) is 9.85. The van der Waals surface area contributed by atoms with Crippen LogP contribution in [0, 0.1) is 11.8 Å². The van der Waals surface area contributed by atoms with Crippen molar-refractivity contribution in [3.63, 3.8) is 0 Å². The first-order valence-corrected chi connectivity index (χ1v) is 21.1. The Morgan fingerprint density at radius 2 is 1.65 bits per heavy atom. The van der Waals surface area contributed by atoms with E-state index in [1.54, 1.807) is 13.8 Å². The van der Waals surface area contributed by atoms with Crippen LogP contribution in [0.15, 0.2) is 26.8 Å². The average Bonchev–Trinajstić information content (AvgIpc) is 3.70. The van der Waals surface area contributed by atoms with E-state index in [-0.39, 0.29) is 57.3 Å². The number of ether oxygens (including phenoxy) is 4. The number of carbonyl (C=O) groups excluding carboxylic acids is 3. The molecule has 0 radical (unpaired) electrons. The molecule has 0 bridgehead atoms. The normalized spacial score (nSPS) is 27.7. The zero-order valence-corrected chi connectivity index (χ0v) is 36.6. The lowest BCUT2D eigenvalue weighted by Gasteiger charge is -2.34. The summed E-state index contributed by atoms with van der Waals surface area (Å²) < 4.78 is 23.8. The van der Waals surface area contributed by atoms with E-state index >= 15 is 0 Å². The Bertz CT molecular complexity index is 1950. The molecule has 14 atom stereocenters. The van der Waals surface area contributed by atoms with Gasteiger partial charge in [-0.2, -0.15) is 0 Å². The van der Waals surface area contributed by atoms with Crippen molar-refractivity contribution in [1.82, 2.24) is 41.5 Å². The summed E-state index contributed by atoms with van der Waals surface area (Å²) in [6.07, 6.45) is -12.3. The highest BCUT2D eigenvalue weighted by Crippen LogP contribution is 2.35. The number of carboxylic acid groups (broad SMARTS) is 2.